The summed E-state index contributed by atoms with van der Waals surface area (Å²) in [6.07, 6.45) is 8.23. The zero-order valence-electron chi connectivity index (χ0n) is 17.8. The van der Waals surface area contributed by atoms with Crippen molar-refractivity contribution in [3.63, 3.8) is 0 Å². The molecule has 1 saturated carbocycles. The molecule has 0 unspecified atom stereocenters. The second-order valence-electron chi connectivity index (χ2n) is 8.44. The van der Waals surface area contributed by atoms with Gasteiger partial charge in [-0.2, -0.15) is 0 Å². The van der Waals surface area contributed by atoms with Crippen molar-refractivity contribution < 1.29 is 13.6 Å². The Labute approximate surface area is 189 Å². The number of aryl methyl sites for hydroxylation is 1. The second-order valence-corrected chi connectivity index (χ2v) is 9.65. The minimum absolute atomic E-state index is 0.107. The Morgan fingerprint density at radius 2 is 2.00 bits per heavy atom. The van der Waals surface area contributed by atoms with Gasteiger partial charge in [-0.25, -0.2) is 13.8 Å². The molecule has 32 heavy (non-hydrogen) atoms. The van der Waals surface area contributed by atoms with Crippen molar-refractivity contribution >= 4 is 23.0 Å². The van der Waals surface area contributed by atoms with Crippen molar-refractivity contribution in [2.24, 2.45) is 10.9 Å². The first-order chi connectivity index (χ1) is 15.5. The SMILES string of the molecule is Cc1nc(C(=O)N(CCC2=CN=C3CC=C(F)C=C23)CC2CC2)c(-c2ccc(F)cc2)s1. The minimum Gasteiger partial charge on any atom is -0.337 e. The summed E-state index contributed by atoms with van der Waals surface area (Å²) >= 11 is 1.44. The molecule has 5 rings (SSSR count). The van der Waals surface area contributed by atoms with Crippen LogP contribution < -0.4 is 0 Å². The van der Waals surface area contributed by atoms with Gasteiger partial charge in [0.15, 0.2) is 0 Å². The normalized spacial score (nSPS) is 17.3. The highest BCUT2D eigenvalue weighted by Gasteiger charge is 2.31. The quantitative estimate of drug-likeness (QED) is 0.517. The summed E-state index contributed by atoms with van der Waals surface area (Å²) in [6.45, 7) is 3.08. The number of halogens is 2. The van der Waals surface area contributed by atoms with Gasteiger partial charge in [-0.05, 0) is 67.5 Å². The first-order valence-electron chi connectivity index (χ1n) is 10.8. The molecule has 3 aliphatic rings. The van der Waals surface area contributed by atoms with E-state index in [1.54, 1.807) is 18.3 Å². The number of aliphatic imine (C=N–C) groups is 1. The smallest absolute Gasteiger partial charge is 0.274 e. The zero-order chi connectivity index (χ0) is 22.2. The molecule has 1 aliphatic heterocycles. The predicted octanol–water partition coefficient (Wildman–Crippen LogP) is 6.02. The van der Waals surface area contributed by atoms with Crippen molar-refractivity contribution in [1.82, 2.24) is 9.88 Å². The van der Waals surface area contributed by atoms with Gasteiger partial charge in [0.1, 0.15) is 17.3 Å². The Bertz CT molecular complexity index is 1190. The van der Waals surface area contributed by atoms with Crippen LogP contribution in [0.4, 0.5) is 8.78 Å². The van der Waals surface area contributed by atoms with Crippen LogP contribution in [-0.4, -0.2) is 34.6 Å². The summed E-state index contributed by atoms with van der Waals surface area (Å²) in [7, 11) is 0. The number of amides is 1. The van der Waals surface area contributed by atoms with E-state index in [2.05, 4.69) is 9.98 Å². The lowest BCUT2D eigenvalue weighted by Gasteiger charge is -2.23. The first-order valence-corrected chi connectivity index (χ1v) is 11.7. The molecule has 164 valence electrons. The molecule has 0 bridgehead atoms. The van der Waals surface area contributed by atoms with E-state index in [-0.39, 0.29) is 17.6 Å². The minimum atomic E-state index is -0.312. The molecule has 2 heterocycles. The summed E-state index contributed by atoms with van der Waals surface area (Å²) in [4.78, 5) is 25.2. The molecule has 2 aliphatic carbocycles. The van der Waals surface area contributed by atoms with Crippen LogP contribution in [0.2, 0.25) is 0 Å². The van der Waals surface area contributed by atoms with Crippen molar-refractivity contribution in [3.05, 3.63) is 76.1 Å². The molecular formula is C25H23F2N3OS. The lowest BCUT2D eigenvalue weighted by atomic mass is 9.95. The molecule has 0 atom stereocenters. The first kappa shape index (κ1) is 20.9. The molecule has 0 radical (unpaired) electrons. The monoisotopic (exact) mass is 451 g/mol. The number of fused-ring (bicyclic) bond motifs is 1. The maximum Gasteiger partial charge on any atom is 0.274 e. The van der Waals surface area contributed by atoms with Gasteiger partial charge < -0.3 is 4.90 Å². The molecule has 0 saturated heterocycles. The second kappa shape index (κ2) is 8.54. The van der Waals surface area contributed by atoms with Crippen LogP contribution in [0.25, 0.3) is 10.4 Å². The fraction of sp³-hybridized carbons (Fsp3) is 0.320. The van der Waals surface area contributed by atoms with Gasteiger partial charge in [0, 0.05) is 31.3 Å². The van der Waals surface area contributed by atoms with Crippen molar-refractivity contribution in [3.8, 4) is 10.4 Å². The summed E-state index contributed by atoms with van der Waals surface area (Å²) in [5.74, 6) is -0.136. The number of thiazole rings is 1. The number of allylic oxidation sites excluding steroid dienone is 4. The third-order valence-electron chi connectivity index (χ3n) is 5.96. The van der Waals surface area contributed by atoms with E-state index in [1.165, 1.54) is 35.6 Å². The molecule has 1 aromatic heterocycles. The van der Waals surface area contributed by atoms with Gasteiger partial charge >= 0.3 is 0 Å². The largest absolute Gasteiger partial charge is 0.337 e. The lowest BCUT2D eigenvalue weighted by molar-refractivity contribution is 0.0745. The van der Waals surface area contributed by atoms with E-state index in [4.69, 9.17) is 0 Å². The number of nitrogens with zero attached hydrogens (tertiary/aromatic N) is 3. The summed E-state index contributed by atoms with van der Waals surface area (Å²) < 4.78 is 27.2. The molecule has 1 aromatic carbocycles. The maximum absolute atomic E-state index is 13.8. The van der Waals surface area contributed by atoms with Crippen molar-refractivity contribution in [1.29, 1.82) is 0 Å². The third-order valence-corrected chi connectivity index (χ3v) is 6.98. The standard InChI is InChI=1S/C25H23F2N3OS/c1-15-29-23(24(32-15)17-4-6-19(26)7-5-17)25(31)30(14-16-2-3-16)11-10-18-13-28-22-9-8-20(27)12-21(18)22/h4-8,12-13,16H,2-3,9-11,14H2,1H3. The van der Waals surface area contributed by atoms with Crippen LogP contribution in [0.5, 0.6) is 0 Å². The Kier molecular flexibility index (Phi) is 5.59. The number of aromatic nitrogens is 1. The molecule has 4 nitrogen and oxygen atoms in total. The average Bonchev–Trinajstić information content (AvgIpc) is 3.39. The maximum atomic E-state index is 13.8. The average molecular weight is 452 g/mol. The number of hydrogen-bond acceptors (Lipinski definition) is 4. The molecule has 0 N–H and O–H groups in total. The van der Waals surface area contributed by atoms with Crippen LogP contribution in [0, 0.1) is 18.7 Å². The number of carbonyl (C=O) groups excluding carboxylic acids is 1. The molecule has 7 heteroatoms. The highest BCUT2D eigenvalue weighted by Crippen LogP contribution is 2.35. The van der Waals surface area contributed by atoms with Crippen LogP contribution in [0.1, 0.15) is 41.2 Å². The van der Waals surface area contributed by atoms with Gasteiger partial charge in [0.05, 0.1) is 15.6 Å². The van der Waals surface area contributed by atoms with Gasteiger partial charge in [0.25, 0.3) is 5.91 Å². The fourth-order valence-corrected chi connectivity index (χ4v) is 4.99. The summed E-state index contributed by atoms with van der Waals surface area (Å²) in [6, 6.07) is 6.17. The molecule has 1 fully saturated rings. The van der Waals surface area contributed by atoms with Gasteiger partial charge in [-0.1, -0.05) is 12.1 Å². The number of rotatable bonds is 7. The van der Waals surface area contributed by atoms with Gasteiger partial charge in [-0.15, -0.1) is 11.3 Å². The third kappa shape index (κ3) is 4.35. The molecule has 0 spiro atoms. The van der Waals surface area contributed by atoms with E-state index < -0.39 is 0 Å². The van der Waals surface area contributed by atoms with Crippen LogP contribution in [0.15, 0.2) is 64.6 Å². The van der Waals surface area contributed by atoms with Crippen molar-refractivity contribution in [2.75, 3.05) is 13.1 Å². The Morgan fingerprint density at radius 3 is 2.75 bits per heavy atom. The summed E-state index contributed by atoms with van der Waals surface area (Å²) in [5, 5.41) is 0.796. The Hall–Kier alpha value is -2.93. The topological polar surface area (TPSA) is 45.6 Å². The number of hydrogen-bond donors (Lipinski definition) is 0. The summed E-state index contributed by atoms with van der Waals surface area (Å²) in [5.41, 5.74) is 3.90. The highest BCUT2D eigenvalue weighted by molar-refractivity contribution is 7.15. The molecular weight excluding hydrogens is 428 g/mol. The zero-order valence-corrected chi connectivity index (χ0v) is 18.6. The molecule has 2 aromatic rings. The van der Waals surface area contributed by atoms with Crippen LogP contribution >= 0.6 is 11.3 Å². The Morgan fingerprint density at radius 1 is 1.22 bits per heavy atom. The predicted molar refractivity (Wildman–Crippen MR) is 123 cm³/mol. The Balaban J connectivity index is 1.37. The van der Waals surface area contributed by atoms with E-state index in [9.17, 15) is 13.6 Å². The van der Waals surface area contributed by atoms with Gasteiger partial charge in [-0.3, -0.25) is 9.79 Å². The fourth-order valence-electron chi connectivity index (χ4n) is 4.07. The highest BCUT2D eigenvalue weighted by atomic mass is 32.1. The number of carbonyl (C=O) groups is 1. The van der Waals surface area contributed by atoms with Crippen molar-refractivity contribution in [2.45, 2.75) is 32.6 Å². The lowest BCUT2D eigenvalue weighted by Crippen LogP contribution is -2.34. The van der Waals surface area contributed by atoms with Gasteiger partial charge in [0.2, 0.25) is 0 Å². The molecule has 1 amide bonds. The van der Waals surface area contributed by atoms with E-state index in [0.717, 1.165) is 45.1 Å². The van der Waals surface area contributed by atoms with E-state index >= 15 is 0 Å². The number of benzene rings is 1. The van der Waals surface area contributed by atoms with E-state index in [0.29, 0.717) is 37.5 Å². The van der Waals surface area contributed by atoms with Crippen LogP contribution in [-0.2, 0) is 0 Å². The van der Waals surface area contributed by atoms with E-state index in [1.807, 2.05) is 11.8 Å². The van der Waals surface area contributed by atoms with Crippen LogP contribution in [0.3, 0.4) is 0 Å².